The molecule has 21 heavy (non-hydrogen) atoms. The summed E-state index contributed by atoms with van der Waals surface area (Å²) in [7, 11) is -3.42. The smallest absolute Gasteiger partial charge is 0.240 e. The molecular weight excluding hydrogens is 284 g/mol. The minimum atomic E-state index is -3.42. The van der Waals surface area contributed by atoms with Gasteiger partial charge in [-0.3, -0.25) is 0 Å². The Bertz CT molecular complexity index is 592. The highest BCUT2D eigenvalue weighted by molar-refractivity contribution is 7.89. The molecule has 0 amide bonds. The predicted octanol–water partition coefficient (Wildman–Crippen LogP) is 2.44. The number of hydrogen-bond donors (Lipinski definition) is 2. The van der Waals surface area contributed by atoms with Crippen LogP contribution < -0.4 is 10.0 Å². The van der Waals surface area contributed by atoms with Gasteiger partial charge in [-0.05, 0) is 48.4 Å². The molecule has 0 aliphatic heterocycles. The SMILES string of the molecule is CCNCc1ccc(CC)c(S(=O)(=O)NCC2(C)CC2)c1. The quantitative estimate of drug-likeness (QED) is 0.775. The summed E-state index contributed by atoms with van der Waals surface area (Å²) in [6, 6.07) is 5.74. The van der Waals surface area contributed by atoms with Crippen molar-refractivity contribution in [3.63, 3.8) is 0 Å². The molecule has 0 radical (unpaired) electrons. The van der Waals surface area contributed by atoms with Gasteiger partial charge in [-0.1, -0.05) is 32.9 Å². The average Bonchev–Trinajstić information content (AvgIpc) is 3.21. The Labute approximate surface area is 128 Å². The summed E-state index contributed by atoms with van der Waals surface area (Å²) >= 11 is 0. The third-order valence-corrected chi connectivity index (χ3v) is 5.66. The van der Waals surface area contributed by atoms with Gasteiger partial charge in [-0.25, -0.2) is 13.1 Å². The van der Waals surface area contributed by atoms with E-state index >= 15 is 0 Å². The molecule has 0 atom stereocenters. The topological polar surface area (TPSA) is 58.2 Å². The fraction of sp³-hybridized carbons (Fsp3) is 0.625. The highest BCUT2D eigenvalue weighted by Crippen LogP contribution is 2.44. The lowest BCUT2D eigenvalue weighted by Gasteiger charge is -2.15. The van der Waals surface area contributed by atoms with Crippen LogP contribution in [0.2, 0.25) is 0 Å². The molecule has 0 saturated heterocycles. The molecule has 0 aromatic heterocycles. The van der Waals surface area contributed by atoms with Crippen molar-refractivity contribution in [2.45, 2.75) is 51.5 Å². The lowest BCUT2D eigenvalue weighted by atomic mass is 10.1. The fourth-order valence-electron chi connectivity index (χ4n) is 2.26. The van der Waals surface area contributed by atoms with E-state index in [9.17, 15) is 8.42 Å². The van der Waals surface area contributed by atoms with Gasteiger partial charge < -0.3 is 5.32 Å². The Kier molecular flexibility index (Phi) is 5.07. The van der Waals surface area contributed by atoms with E-state index in [4.69, 9.17) is 0 Å². The molecule has 1 aliphatic carbocycles. The van der Waals surface area contributed by atoms with Gasteiger partial charge in [0.15, 0.2) is 0 Å². The van der Waals surface area contributed by atoms with Crippen LogP contribution in [0.4, 0.5) is 0 Å². The van der Waals surface area contributed by atoms with Gasteiger partial charge in [-0.15, -0.1) is 0 Å². The first-order chi connectivity index (χ1) is 9.90. The Hall–Kier alpha value is -0.910. The molecule has 1 aromatic carbocycles. The van der Waals surface area contributed by atoms with Crippen molar-refractivity contribution in [2.24, 2.45) is 5.41 Å². The Balaban J connectivity index is 2.21. The van der Waals surface area contributed by atoms with Gasteiger partial charge in [0.1, 0.15) is 0 Å². The normalized spacial score (nSPS) is 16.9. The van der Waals surface area contributed by atoms with Gasteiger partial charge >= 0.3 is 0 Å². The Morgan fingerprint density at radius 3 is 2.52 bits per heavy atom. The summed E-state index contributed by atoms with van der Waals surface area (Å²) in [6.07, 6.45) is 2.93. The predicted molar refractivity (Wildman–Crippen MR) is 85.7 cm³/mol. The number of aryl methyl sites for hydroxylation is 1. The minimum Gasteiger partial charge on any atom is -0.313 e. The van der Waals surface area contributed by atoms with Gasteiger partial charge in [-0.2, -0.15) is 0 Å². The zero-order valence-electron chi connectivity index (χ0n) is 13.2. The van der Waals surface area contributed by atoms with E-state index in [0.717, 1.165) is 36.9 Å². The maximum atomic E-state index is 12.6. The first kappa shape index (κ1) is 16.5. The highest BCUT2D eigenvalue weighted by atomic mass is 32.2. The van der Waals surface area contributed by atoms with Crippen molar-refractivity contribution in [3.8, 4) is 0 Å². The summed E-state index contributed by atoms with van der Waals surface area (Å²) in [5.41, 5.74) is 2.05. The second-order valence-electron chi connectivity index (χ2n) is 6.21. The molecule has 0 unspecified atom stereocenters. The molecule has 1 saturated carbocycles. The summed E-state index contributed by atoms with van der Waals surface area (Å²) in [5.74, 6) is 0. The molecule has 0 spiro atoms. The molecule has 118 valence electrons. The van der Waals surface area contributed by atoms with Crippen LogP contribution in [-0.4, -0.2) is 21.5 Å². The Morgan fingerprint density at radius 2 is 1.95 bits per heavy atom. The lowest BCUT2D eigenvalue weighted by Crippen LogP contribution is -2.30. The molecule has 1 aromatic rings. The summed E-state index contributed by atoms with van der Waals surface area (Å²) in [4.78, 5) is 0.435. The summed E-state index contributed by atoms with van der Waals surface area (Å²) in [6.45, 7) is 8.25. The lowest BCUT2D eigenvalue weighted by molar-refractivity contribution is 0.530. The van der Waals surface area contributed by atoms with E-state index in [2.05, 4.69) is 17.0 Å². The van der Waals surface area contributed by atoms with Gasteiger partial charge in [0.05, 0.1) is 4.90 Å². The van der Waals surface area contributed by atoms with Gasteiger partial charge in [0, 0.05) is 13.1 Å². The van der Waals surface area contributed by atoms with Crippen LogP contribution in [0.15, 0.2) is 23.1 Å². The number of rotatable bonds is 8. The average molecular weight is 310 g/mol. The van der Waals surface area contributed by atoms with Gasteiger partial charge in [0.2, 0.25) is 10.0 Å². The Morgan fingerprint density at radius 1 is 1.24 bits per heavy atom. The monoisotopic (exact) mass is 310 g/mol. The van der Waals surface area contributed by atoms with Crippen LogP contribution in [-0.2, 0) is 23.0 Å². The highest BCUT2D eigenvalue weighted by Gasteiger charge is 2.38. The standard InChI is InChI=1S/C16H26N2O2S/c1-4-14-7-6-13(11-17-5-2)10-15(14)21(19,20)18-12-16(3)8-9-16/h6-7,10,17-18H,4-5,8-9,11-12H2,1-3H3. The summed E-state index contributed by atoms with van der Waals surface area (Å²) < 4.78 is 27.9. The van der Waals surface area contributed by atoms with Crippen LogP contribution in [0.25, 0.3) is 0 Å². The van der Waals surface area contributed by atoms with Crippen molar-refractivity contribution < 1.29 is 8.42 Å². The molecule has 1 aliphatic rings. The first-order valence-corrected chi connectivity index (χ1v) is 9.21. The zero-order valence-corrected chi connectivity index (χ0v) is 14.0. The zero-order chi connectivity index (χ0) is 15.5. The maximum absolute atomic E-state index is 12.6. The largest absolute Gasteiger partial charge is 0.313 e. The second-order valence-corrected chi connectivity index (χ2v) is 7.95. The molecule has 0 heterocycles. The molecule has 1 fully saturated rings. The van der Waals surface area contributed by atoms with Crippen molar-refractivity contribution in [3.05, 3.63) is 29.3 Å². The third-order valence-electron chi connectivity index (χ3n) is 4.17. The van der Waals surface area contributed by atoms with E-state index in [1.807, 2.05) is 26.0 Å². The maximum Gasteiger partial charge on any atom is 0.240 e. The number of hydrogen-bond acceptors (Lipinski definition) is 3. The van der Waals surface area contributed by atoms with Crippen LogP contribution >= 0.6 is 0 Å². The molecule has 4 nitrogen and oxygen atoms in total. The fourth-order valence-corrected chi connectivity index (χ4v) is 3.82. The van der Waals surface area contributed by atoms with E-state index in [1.165, 1.54) is 0 Å². The molecular formula is C16H26N2O2S. The third kappa shape index (κ3) is 4.28. The van der Waals surface area contributed by atoms with Crippen molar-refractivity contribution in [1.29, 1.82) is 0 Å². The molecule has 2 rings (SSSR count). The van der Waals surface area contributed by atoms with Crippen molar-refractivity contribution in [2.75, 3.05) is 13.1 Å². The summed E-state index contributed by atoms with van der Waals surface area (Å²) in [5, 5.41) is 3.23. The minimum absolute atomic E-state index is 0.167. The van der Waals surface area contributed by atoms with Crippen molar-refractivity contribution >= 4 is 10.0 Å². The van der Waals surface area contributed by atoms with Crippen LogP contribution in [0.3, 0.4) is 0 Å². The van der Waals surface area contributed by atoms with E-state index in [0.29, 0.717) is 18.0 Å². The van der Waals surface area contributed by atoms with Crippen LogP contribution in [0.5, 0.6) is 0 Å². The molecule has 0 bridgehead atoms. The van der Waals surface area contributed by atoms with E-state index < -0.39 is 10.0 Å². The molecule has 2 N–H and O–H groups in total. The first-order valence-electron chi connectivity index (χ1n) is 7.72. The number of sulfonamides is 1. The molecule has 5 heteroatoms. The second kappa shape index (κ2) is 6.46. The van der Waals surface area contributed by atoms with E-state index in [-0.39, 0.29) is 5.41 Å². The van der Waals surface area contributed by atoms with Crippen LogP contribution in [0.1, 0.15) is 44.7 Å². The van der Waals surface area contributed by atoms with Crippen LogP contribution in [0, 0.1) is 5.41 Å². The van der Waals surface area contributed by atoms with E-state index in [1.54, 1.807) is 6.07 Å². The number of benzene rings is 1. The van der Waals surface area contributed by atoms with Gasteiger partial charge in [0.25, 0.3) is 0 Å². The van der Waals surface area contributed by atoms with Crippen molar-refractivity contribution in [1.82, 2.24) is 10.0 Å². The number of nitrogens with one attached hydrogen (secondary N) is 2.